The van der Waals surface area contributed by atoms with Crippen LogP contribution in [-0.4, -0.2) is 40.9 Å². The maximum Gasteiger partial charge on any atom is 0.410 e. The number of rotatable bonds is 2. The number of likely N-dealkylation sites (tertiary alicyclic amines) is 1. The van der Waals surface area contributed by atoms with Crippen LogP contribution >= 0.6 is 0 Å². The van der Waals surface area contributed by atoms with Crippen molar-refractivity contribution in [3.8, 4) is 0 Å². The number of amides is 1. The van der Waals surface area contributed by atoms with E-state index in [1.165, 1.54) is 0 Å². The second-order valence-electron chi connectivity index (χ2n) is 4.63. The molecular weight excluding hydrogens is 182 g/mol. The van der Waals surface area contributed by atoms with Gasteiger partial charge in [-0.25, -0.2) is 4.79 Å². The van der Waals surface area contributed by atoms with Crippen molar-refractivity contribution in [3.05, 3.63) is 0 Å². The summed E-state index contributed by atoms with van der Waals surface area (Å²) in [5.41, 5.74) is -0.434. The molecular formula is C10H19NO3. The monoisotopic (exact) mass is 201 g/mol. The maximum absolute atomic E-state index is 11.5. The van der Waals surface area contributed by atoms with Crippen molar-refractivity contribution in [2.24, 2.45) is 0 Å². The van der Waals surface area contributed by atoms with Crippen LogP contribution in [0, 0.1) is 0 Å². The molecule has 14 heavy (non-hydrogen) atoms. The molecule has 4 nitrogen and oxygen atoms in total. The Morgan fingerprint density at radius 3 is 2.57 bits per heavy atom. The summed E-state index contributed by atoms with van der Waals surface area (Å²) in [7, 11) is 0. The molecule has 1 atom stereocenters. The van der Waals surface area contributed by atoms with Crippen LogP contribution in [0.1, 0.15) is 33.6 Å². The lowest BCUT2D eigenvalue weighted by molar-refractivity contribution is -0.00923. The number of carbonyl (C=O) groups excluding carboxylic acids is 1. The third-order valence-electron chi connectivity index (χ3n) is 2.23. The first-order valence-corrected chi connectivity index (χ1v) is 5.04. The Kier molecular flexibility index (Phi) is 3.37. The Morgan fingerprint density at radius 2 is 2.21 bits per heavy atom. The van der Waals surface area contributed by atoms with Gasteiger partial charge in [0.1, 0.15) is 5.60 Å². The van der Waals surface area contributed by atoms with Crippen molar-refractivity contribution >= 4 is 6.09 Å². The van der Waals surface area contributed by atoms with E-state index in [0.29, 0.717) is 6.42 Å². The van der Waals surface area contributed by atoms with Gasteiger partial charge in [-0.05, 0) is 33.6 Å². The number of hydrogen-bond acceptors (Lipinski definition) is 3. The number of hydrogen-bond donors (Lipinski definition) is 1. The van der Waals surface area contributed by atoms with Gasteiger partial charge in [0, 0.05) is 19.2 Å². The first kappa shape index (κ1) is 11.3. The smallest absolute Gasteiger partial charge is 0.410 e. The minimum atomic E-state index is -0.434. The molecule has 1 amide bonds. The first-order valence-electron chi connectivity index (χ1n) is 5.04. The van der Waals surface area contributed by atoms with Crippen molar-refractivity contribution in [2.45, 2.75) is 45.3 Å². The predicted molar refractivity (Wildman–Crippen MR) is 53.0 cm³/mol. The number of aliphatic hydroxyl groups is 1. The van der Waals surface area contributed by atoms with E-state index in [1.807, 2.05) is 20.8 Å². The lowest BCUT2D eigenvalue weighted by Gasteiger charge is -2.41. The molecule has 0 spiro atoms. The molecule has 4 heteroatoms. The van der Waals surface area contributed by atoms with Gasteiger partial charge in [0.15, 0.2) is 0 Å². The summed E-state index contributed by atoms with van der Waals surface area (Å²) < 4.78 is 5.22. The molecule has 0 radical (unpaired) electrons. The third-order valence-corrected chi connectivity index (χ3v) is 2.23. The SMILES string of the molecule is CC(C)(C)OC(=O)N1CC[C@H]1CCO. The largest absolute Gasteiger partial charge is 0.444 e. The fourth-order valence-electron chi connectivity index (χ4n) is 1.45. The molecule has 1 rings (SSSR count). The van der Waals surface area contributed by atoms with E-state index in [9.17, 15) is 4.79 Å². The summed E-state index contributed by atoms with van der Waals surface area (Å²) in [6, 6.07) is 0.176. The Balaban J connectivity index is 2.38. The standard InChI is InChI=1S/C10H19NO3/c1-10(2,3)14-9(13)11-6-4-8(11)5-7-12/h8,12H,4-7H2,1-3H3/t8-/m0/s1. The number of carbonyl (C=O) groups is 1. The minimum absolute atomic E-state index is 0.129. The molecule has 82 valence electrons. The third kappa shape index (κ3) is 2.87. The molecule has 1 fully saturated rings. The van der Waals surface area contributed by atoms with E-state index in [-0.39, 0.29) is 18.7 Å². The van der Waals surface area contributed by atoms with Crippen LogP contribution in [0.2, 0.25) is 0 Å². The van der Waals surface area contributed by atoms with Crippen LogP contribution in [0.25, 0.3) is 0 Å². The Morgan fingerprint density at radius 1 is 1.57 bits per heavy atom. The van der Waals surface area contributed by atoms with Crippen molar-refractivity contribution in [1.82, 2.24) is 4.90 Å². The topological polar surface area (TPSA) is 49.8 Å². The Bertz CT molecular complexity index is 210. The Labute approximate surface area is 84.8 Å². The van der Waals surface area contributed by atoms with Gasteiger partial charge >= 0.3 is 6.09 Å². The Hall–Kier alpha value is -0.770. The molecule has 0 aromatic carbocycles. The van der Waals surface area contributed by atoms with Crippen molar-refractivity contribution in [3.63, 3.8) is 0 Å². The second kappa shape index (κ2) is 4.17. The van der Waals surface area contributed by atoms with E-state index >= 15 is 0 Å². The molecule has 1 heterocycles. The van der Waals surface area contributed by atoms with Gasteiger partial charge in [-0.1, -0.05) is 0 Å². The molecule has 0 aromatic heterocycles. The van der Waals surface area contributed by atoms with Crippen LogP contribution in [0.4, 0.5) is 4.79 Å². The lowest BCUT2D eigenvalue weighted by Crippen LogP contribution is -2.52. The zero-order valence-electron chi connectivity index (χ0n) is 9.12. The van der Waals surface area contributed by atoms with Gasteiger partial charge in [-0.15, -0.1) is 0 Å². The molecule has 1 aliphatic rings. The summed E-state index contributed by atoms with van der Waals surface area (Å²) in [6.45, 7) is 6.44. The highest BCUT2D eigenvalue weighted by Crippen LogP contribution is 2.23. The highest BCUT2D eigenvalue weighted by atomic mass is 16.6. The first-order chi connectivity index (χ1) is 6.44. The van der Waals surface area contributed by atoms with Gasteiger partial charge in [-0.3, -0.25) is 0 Å². The summed E-state index contributed by atoms with van der Waals surface area (Å²) in [5, 5.41) is 8.76. The van der Waals surface area contributed by atoms with E-state index in [1.54, 1.807) is 4.90 Å². The number of ether oxygens (including phenoxy) is 1. The van der Waals surface area contributed by atoms with E-state index in [2.05, 4.69) is 0 Å². The summed E-state index contributed by atoms with van der Waals surface area (Å²) in [4.78, 5) is 13.2. The van der Waals surface area contributed by atoms with Gasteiger partial charge < -0.3 is 14.7 Å². The quantitative estimate of drug-likeness (QED) is 0.734. The molecule has 1 saturated heterocycles. The average molecular weight is 201 g/mol. The zero-order valence-corrected chi connectivity index (χ0v) is 9.12. The van der Waals surface area contributed by atoms with Crippen molar-refractivity contribution in [1.29, 1.82) is 0 Å². The van der Waals surface area contributed by atoms with Crippen molar-refractivity contribution < 1.29 is 14.6 Å². The number of nitrogens with zero attached hydrogens (tertiary/aromatic N) is 1. The van der Waals surface area contributed by atoms with Gasteiger partial charge in [0.2, 0.25) is 0 Å². The summed E-state index contributed by atoms with van der Waals surface area (Å²) in [6.07, 6.45) is 1.36. The minimum Gasteiger partial charge on any atom is -0.444 e. The van der Waals surface area contributed by atoms with E-state index < -0.39 is 5.60 Å². The normalized spacial score (nSPS) is 21.7. The molecule has 0 aromatic rings. The van der Waals surface area contributed by atoms with Crippen LogP contribution in [-0.2, 0) is 4.74 Å². The van der Waals surface area contributed by atoms with E-state index in [0.717, 1.165) is 13.0 Å². The fourth-order valence-corrected chi connectivity index (χ4v) is 1.45. The predicted octanol–water partition coefficient (Wildman–Crippen LogP) is 1.38. The van der Waals surface area contributed by atoms with Crippen LogP contribution in [0.15, 0.2) is 0 Å². The van der Waals surface area contributed by atoms with E-state index in [4.69, 9.17) is 9.84 Å². The number of aliphatic hydroxyl groups excluding tert-OH is 1. The fraction of sp³-hybridized carbons (Fsp3) is 0.900. The molecule has 0 saturated carbocycles. The molecule has 1 N–H and O–H groups in total. The molecule has 0 aliphatic carbocycles. The van der Waals surface area contributed by atoms with Crippen LogP contribution in [0.3, 0.4) is 0 Å². The second-order valence-corrected chi connectivity index (χ2v) is 4.63. The summed E-state index contributed by atoms with van der Waals surface area (Å²) in [5.74, 6) is 0. The molecule has 1 aliphatic heterocycles. The zero-order chi connectivity index (χ0) is 10.8. The average Bonchev–Trinajstić information content (AvgIpc) is 1.93. The van der Waals surface area contributed by atoms with Gasteiger partial charge in [0.05, 0.1) is 0 Å². The highest BCUT2D eigenvalue weighted by Gasteiger charge is 2.34. The molecule has 0 bridgehead atoms. The van der Waals surface area contributed by atoms with Gasteiger partial charge in [-0.2, -0.15) is 0 Å². The lowest BCUT2D eigenvalue weighted by atomic mass is 10.0. The maximum atomic E-state index is 11.5. The van der Waals surface area contributed by atoms with Crippen LogP contribution < -0.4 is 0 Å². The molecule has 0 unspecified atom stereocenters. The van der Waals surface area contributed by atoms with Crippen LogP contribution in [0.5, 0.6) is 0 Å². The highest BCUT2D eigenvalue weighted by molar-refractivity contribution is 5.69. The van der Waals surface area contributed by atoms with Crippen molar-refractivity contribution in [2.75, 3.05) is 13.2 Å². The van der Waals surface area contributed by atoms with Gasteiger partial charge in [0.25, 0.3) is 0 Å². The summed E-state index contributed by atoms with van der Waals surface area (Å²) >= 11 is 0.